The number of rotatable bonds is 2. The molecule has 0 radical (unpaired) electrons. The lowest BCUT2D eigenvalue weighted by molar-refractivity contribution is -0.890. The predicted octanol–water partition coefficient (Wildman–Crippen LogP) is 0.950. The van der Waals surface area contributed by atoms with E-state index < -0.39 is 6.10 Å². The first-order valence-electron chi connectivity index (χ1n) is 9.43. The van der Waals surface area contributed by atoms with Gasteiger partial charge >= 0.3 is 5.97 Å². The molecule has 23 heavy (non-hydrogen) atoms. The van der Waals surface area contributed by atoms with Crippen LogP contribution in [0.25, 0.3) is 0 Å². The zero-order valence-corrected chi connectivity index (χ0v) is 14.4. The highest BCUT2D eigenvalue weighted by Gasteiger charge is 2.60. The monoisotopic (exact) mass is 320 g/mol. The van der Waals surface area contributed by atoms with Gasteiger partial charge in [-0.2, -0.15) is 0 Å². The van der Waals surface area contributed by atoms with Gasteiger partial charge in [-0.25, -0.2) is 0 Å². The van der Waals surface area contributed by atoms with Crippen molar-refractivity contribution >= 4 is 5.97 Å². The maximum atomic E-state index is 12.5. The third-order valence-corrected chi connectivity index (χ3v) is 7.39. The molecule has 0 unspecified atom stereocenters. The van der Waals surface area contributed by atoms with Gasteiger partial charge in [-0.3, -0.25) is 4.79 Å². The first-order chi connectivity index (χ1) is 11.0. The van der Waals surface area contributed by atoms with E-state index in [1.54, 1.807) is 0 Å². The smallest absolute Gasteiger partial charge is 0.315 e. The quantitative estimate of drug-likeness (QED) is 0.588. The Morgan fingerprint density at radius 1 is 1.39 bits per heavy atom. The van der Waals surface area contributed by atoms with Gasteiger partial charge in [0, 0.05) is 30.6 Å². The number of quaternary nitrogens is 1. The van der Waals surface area contributed by atoms with Gasteiger partial charge < -0.3 is 14.7 Å². The van der Waals surface area contributed by atoms with Gasteiger partial charge in [0.25, 0.3) is 0 Å². The van der Waals surface area contributed by atoms with Crippen LogP contribution in [-0.4, -0.2) is 42.9 Å². The molecule has 6 atom stereocenters. The summed E-state index contributed by atoms with van der Waals surface area (Å²) in [6.07, 6.45) is 7.31. The van der Waals surface area contributed by atoms with Crippen LogP contribution >= 0.6 is 0 Å². The van der Waals surface area contributed by atoms with Gasteiger partial charge in [-0.05, 0) is 18.8 Å². The third-order valence-electron chi connectivity index (χ3n) is 7.39. The second kappa shape index (κ2) is 5.59. The largest absolute Gasteiger partial charge is 0.461 e. The fraction of sp³-hybridized carbons (Fsp3) is 0.842. The normalized spacial score (nSPS) is 47.0. The van der Waals surface area contributed by atoms with E-state index in [0.29, 0.717) is 5.92 Å². The number of hydrogen-bond acceptors (Lipinski definition) is 3. The van der Waals surface area contributed by atoms with E-state index in [9.17, 15) is 9.90 Å². The van der Waals surface area contributed by atoms with Crippen LogP contribution in [0.2, 0.25) is 0 Å². The van der Waals surface area contributed by atoms with Crippen LogP contribution in [0, 0.1) is 23.2 Å². The van der Waals surface area contributed by atoms with Crippen LogP contribution in [0.4, 0.5) is 0 Å². The lowest BCUT2D eigenvalue weighted by atomic mass is 9.55. The van der Waals surface area contributed by atoms with Crippen molar-refractivity contribution in [1.82, 2.24) is 0 Å². The summed E-state index contributed by atoms with van der Waals surface area (Å²) in [6.45, 7) is 7.65. The standard InChI is InChI=1S/C19H29NO3/c1-12-6-5-7-13-10-15-16(17(21)19(12,13)2)14(18(22)23-15)11-20-8-3-4-9-20/h7,12,14-17,21H,3-6,8-11H2,1-2H3/p+1/t12-,14-,15+,16+,17+,19+/m0/s1. The topological polar surface area (TPSA) is 51.0 Å². The molecule has 0 bridgehead atoms. The zero-order valence-electron chi connectivity index (χ0n) is 14.4. The molecule has 2 aliphatic heterocycles. The van der Waals surface area contributed by atoms with Crippen molar-refractivity contribution in [3.05, 3.63) is 11.6 Å². The molecule has 4 aliphatic rings. The SMILES string of the molecule is C[C@H]1CCC=C2C[C@H]3OC(=O)[C@@H](C[NH+]4CCCC4)[C@H]3[C@@H](O)[C@@]21C. The summed E-state index contributed by atoms with van der Waals surface area (Å²) >= 11 is 0. The Morgan fingerprint density at radius 2 is 2.13 bits per heavy atom. The molecule has 4 rings (SSSR count). The first-order valence-corrected chi connectivity index (χ1v) is 9.43. The molecule has 2 aliphatic carbocycles. The average molecular weight is 320 g/mol. The van der Waals surface area contributed by atoms with E-state index in [4.69, 9.17) is 4.74 Å². The van der Waals surface area contributed by atoms with Crippen molar-refractivity contribution in [1.29, 1.82) is 0 Å². The molecule has 0 aromatic heterocycles. The number of ether oxygens (including phenoxy) is 1. The number of aliphatic hydroxyl groups excluding tert-OH is 1. The molecular weight excluding hydrogens is 290 g/mol. The van der Waals surface area contributed by atoms with Crippen molar-refractivity contribution in [2.24, 2.45) is 23.2 Å². The molecule has 2 saturated heterocycles. The second-order valence-corrected chi connectivity index (χ2v) is 8.46. The number of hydrogen-bond donors (Lipinski definition) is 2. The van der Waals surface area contributed by atoms with Crippen molar-refractivity contribution in [2.45, 2.75) is 58.2 Å². The van der Waals surface area contributed by atoms with Gasteiger partial charge in [-0.1, -0.05) is 25.5 Å². The van der Waals surface area contributed by atoms with Crippen LogP contribution in [-0.2, 0) is 9.53 Å². The Labute approximate surface area is 138 Å². The van der Waals surface area contributed by atoms with Gasteiger partial charge in [0.1, 0.15) is 12.0 Å². The minimum Gasteiger partial charge on any atom is -0.461 e. The molecule has 0 aromatic carbocycles. The molecular formula is C19H30NO3+. The van der Waals surface area contributed by atoms with Crippen molar-refractivity contribution in [3.63, 3.8) is 0 Å². The van der Waals surface area contributed by atoms with Crippen molar-refractivity contribution < 1.29 is 19.5 Å². The summed E-state index contributed by atoms with van der Waals surface area (Å²) in [5.74, 6) is 0.275. The Morgan fingerprint density at radius 3 is 2.87 bits per heavy atom. The summed E-state index contributed by atoms with van der Waals surface area (Å²) in [4.78, 5) is 14.0. The average Bonchev–Trinajstić information content (AvgIpc) is 3.12. The van der Waals surface area contributed by atoms with Gasteiger partial charge in [-0.15, -0.1) is 0 Å². The fourth-order valence-corrected chi connectivity index (χ4v) is 5.69. The van der Waals surface area contributed by atoms with Gasteiger partial charge in [0.2, 0.25) is 0 Å². The Balaban J connectivity index is 1.62. The molecule has 2 heterocycles. The molecule has 1 saturated carbocycles. The molecule has 0 spiro atoms. The van der Waals surface area contributed by atoms with E-state index in [2.05, 4.69) is 19.9 Å². The summed E-state index contributed by atoms with van der Waals surface area (Å²) in [7, 11) is 0. The van der Waals surface area contributed by atoms with Crippen LogP contribution in [0.15, 0.2) is 11.6 Å². The number of aliphatic hydroxyl groups is 1. The minimum absolute atomic E-state index is 0.0155. The molecule has 3 fully saturated rings. The number of likely N-dealkylation sites (tertiary alicyclic amines) is 1. The van der Waals surface area contributed by atoms with Crippen LogP contribution in [0.5, 0.6) is 0 Å². The number of carbonyl (C=O) groups is 1. The molecule has 4 nitrogen and oxygen atoms in total. The lowest BCUT2D eigenvalue weighted by Gasteiger charge is -2.51. The maximum Gasteiger partial charge on any atom is 0.315 e. The summed E-state index contributed by atoms with van der Waals surface area (Å²) in [5, 5.41) is 11.3. The Bertz CT molecular complexity index is 525. The third kappa shape index (κ3) is 2.29. The Kier molecular flexibility index (Phi) is 3.80. The number of fused-ring (bicyclic) bond motifs is 2. The van der Waals surface area contributed by atoms with E-state index in [1.807, 2.05) is 0 Å². The van der Waals surface area contributed by atoms with Crippen molar-refractivity contribution in [2.75, 3.05) is 19.6 Å². The Hall–Kier alpha value is -0.870. The van der Waals surface area contributed by atoms with Crippen LogP contribution in [0.3, 0.4) is 0 Å². The predicted molar refractivity (Wildman–Crippen MR) is 86.9 cm³/mol. The molecule has 4 heteroatoms. The van der Waals surface area contributed by atoms with Crippen molar-refractivity contribution in [3.8, 4) is 0 Å². The maximum absolute atomic E-state index is 12.5. The van der Waals surface area contributed by atoms with E-state index >= 15 is 0 Å². The molecule has 128 valence electrons. The molecule has 0 amide bonds. The summed E-state index contributed by atoms with van der Waals surface area (Å²) in [5.41, 5.74) is 1.15. The van der Waals surface area contributed by atoms with Gasteiger partial charge in [0.15, 0.2) is 0 Å². The minimum atomic E-state index is -0.457. The van der Waals surface area contributed by atoms with Crippen LogP contribution < -0.4 is 4.90 Å². The highest BCUT2D eigenvalue weighted by Crippen LogP contribution is 2.55. The first kappa shape index (κ1) is 15.6. The summed E-state index contributed by atoms with van der Waals surface area (Å²) in [6, 6.07) is 0. The lowest BCUT2D eigenvalue weighted by Crippen LogP contribution is -3.11. The van der Waals surface area contributed by atoms with Crippen LogP contribution in [0.1, 0.15) is 46.0 Å². The summed E-state index contributed by atoms with van der Waals surface area (Å²) < 4.78 is 5.73. The molecule has 0 aromatic rings. The fourth-order valence-electron chi connectivity index (χ4n) is 5.69. The second-order valence-electron chi connectivity index (χ2n) is 8.46. The number of allylic oxidation sites excluding steroid dienone is 1. The zero-order chi connectivity index (χ0) is 16.2. The highest BCUT2D eigenvalue weighted by atomic mass is 16.6. The number of nitrogens with one attached hydrogen (secondary N) is 1. The van der Waals surface area contributed by atoms with Gasteiger partial charge in [0.05, 0.1) is 25.7 Å². The van der Waals surface area contributed by atoms with E-state index in [0.717, 1.165) is 38.9 Å². The number of esters is 1. The molecule has 2 N–H and O–H groups in total. The van der Waals surface area contributed by atoms with E-state index in [1.165, 1.54) is 23.3 Å². The number of carbonyl (C=O) groups excluding carboxylic acids is 1. The van der Waals surface area contributed by atoms with E-state index in [-0.39, 0.29) is 29.3 Å². The highest BCUT2D eigenvalue weighted by molar-refractivity contribution is 5.76.